The van der Waals surface area contributed by atoms with E-state index in [1.807, 2.05) is 0 Å². The Labute approximate surface area is 128 Å². The first-order valence-electron chi connectivity index (χ1n) is 8.21. The predicted octanol–water partition coefficient (Wildman–Crippen LogP) is 4.48. The van der Waals surface area contributed by atoms with Gasteiger partial charge in [0.1, 0.15) is 6.10 Å². The summed E-state index contributed by atoms with van der Waals surface area (Å²) in [5, 5.41) is 8.50. The largest absolute Gasteiger partial charge is 0.478 e. The molecule has 21 heavy (non-hydrogen) atoms. The Kier molecular flexibility index (Phi) is 12.8. The maximum Gasteiger partial charge on any atom is 0.331 e. The lowest BCUT2D eigenvalue weighted by atomic mass is 10.0. The smallest absolute Gasteiger partial charge is 0.331 e. The molecule has 0 aliphatic heterocycles. The van der Waals surface area contributed by atoms with Crippen LogP contribution >= 0.6 is 0 Å². The van der Waals surface area contributed by atoms with Crippen molar-refractivity contribution in [2.45, 2.75) is 84.2 Å². The minimum Gasteiger partial charge on any atom is -0.478 e. The number of carboxylic acids is 1. The Balaban J connectivity index is 4.15. The van der Waals surface area contributed by atoms with Crippen LogP contribution in [0.3, 0.4) is 0 Å². The van der Waals surface area contributed by atoms with E-state index in [0.29, 0.717) is 0 Å². The van der Waals surface area contributed by atoms with E-state index in [9.17, 15) is 9.59 Å². The van der Waals surface area contributed by atoms with Crippen molar-refractivity contribution in [3.05, 3.63) is 12.2 Å². The first kappa shape index (κ1) is 19.7. The number of unbranched alkanes of at least 4 members (excludes halogenated alkanes) is 6. The molecule has 0 aromatic rings. The number of hydrogen-bond acceptors (Lipinski definition) is 3. The number of carbonyl (C=O) groups is 2. The number of ether oxygens (including phenoxy) is 1. The molecule has 0 saturated carbocycles. The van der Waals surface area contributed by atoms with Gasteiger partial charge in [0.2, 0.25) is 0 Å². The van der Waals surface area contributed by atoms with E-state index in [4.69, 9.17) is 9.84 Å². The van der Waals surface area contributed by atoms with Crippen LogP contribution in [0.2, 0.25) is 0 Å². The van der Waals surface area contributed by atoms with Crippen LogP contribution in [-0.4, -0.2) is 23.1 Å². The molecule has 0 rings (SSSR count). The lowest BCUT2D eigenvalue weighted by Gasteiger charge is -2.17. The molecule has 0 fully saturated rings. The van der Waals surface area contributed by atoms with Crippen LogP contribution in [0.1, 0.15) is 78.1 Å². The second kappa shape index (κ2) is 13.7. The number of carbonyl (C=O) groups excluding carboxylic acids is 1. The van der Waals surface area contributed by atoms with E-state index in [2.05, 4.69) is 13.8 Å². The molecule has 0 aromatic heterocycles. The summed E-state index contributed by atoms with van der Waals surface area (Å²) in [6.07, 6.45) is 12.7. The molecule has 4 nitrogen and oxygen atoms in total. The first-order valence-corrected chi connectivity index (χ1v) is 8.21. The summed E-state index contributed by atoms with van der Waals surface area (Å²) in [5.41, 5.74) is 0. The van der Waals surface area contributed by atoms with Crippen LogP contribution in [-0.2, 0) is 14.3 Å². The summed E-state index contributed by atoms with van der Waals surface area (Å²) in [4.78, 5) is 21.9. The summed E-state index contributed by atoms with van der Waals surface area (Å²) < 4.78 is 5.37. The summed E-state index contributed by atoms with van der Waals surface area (Å²) in [6, 6.07) is 0. The average Bonchev–Trinajstić information content (AvgIpc) is 2.45. The van der Waals surface area contributed by atoms with Crippen molar-refractivity contribution in [3.8, 4) is 0 Å². The Morgan fingerprint density at radius 3 is 1.86 bits per heavy atom. The maximum absolute atomic E-state index is 11.6. The molecule has 0 aliphatic rings. The summed E-state index contributed by atoms with van der Waals surface area (Å²) >= 11 is 0. The zero-order valence-electron chi connectivity index (χ0n) is 13.5. The lowest BCUT2D eigenvalue weighted by Crippen LogP contribution is -2.17. The molecular weight excluding hydrogens is 268 g/mol. The highest BCUT2D eigenvalue weighted by Crippen LogP contribution is 2.15. The van der Waals surface area contributed by atoms with Gasteiger partial charge in [-0.15, -0.1) is 0 Å². The molecule has 0 aromatic carbocycles. The van der Waals surface area contributed by atoms with Crippen LogP contribution in [0.15, 0.2) is 12.2 Å². The van der Waals surface area contributed by atoms with Gasteiger partial charge in [0.15, 0.2) is 0 Å². The van der Waals surface area contributed by atoms with Crippen LogP contribution in [0.4, 0.5) is 0 Å². The molecule has 0 bridgehead atoms. The van der Waals surface area contributed by atoms with Gasteiger partial charge in [0.25, 0.3) is 0 Å². The molecule has 0 spiro atoms. The van der Waals surface area contributed by atoms with Crippen molar-refractivity contribution in [1.29, 1.82) is 0 Å². The number of hydrogen-bond donors (Lipinski definition) is 1. The van der Waals surface area contributed by atoms with E-state index in [1.54, 1.807) is 0 Å². The fourth-order valence-corrected chi connectivity index (χ4v) is 2.20. The lowest BCUT2D eigenvalue weighted by molar-refractivity contribution is -0.144. The van der Waals surface area contributed by atoms with Crippen molar-refractivity contribution in [1.82, 2.24) is 0 Å². The molecule has 122 valence electrons. The van der Waals surface area contributed by atoms with Gasteiger partial charge in [0.05, 0.1) is 0 Å². The van der Waals surface area contributed by atoms with Gasteiger partial charge in [-0.1, -0.05) is 52.4 Å². The van der Waals surface area contributed by atoms with E-state index in [1.165, 1.54) is 25.7 Å². The fourth-order valence-electron chi connectivity index (χ4n) is 2.20. The Hall–Kier alpha value is -1.32. The minimum atomic E-state index is -1.13. The molecule has 0 saturated heterocycles. The molecular formula is C17H30O4. The first-order chi connectivity index (χ1) is 10.1. The highest BCUT2D eigenvalue weighted by molar-refractivity contribution is 5.90. The number of rotatable bonds is 13. The van der Waals surface area contributed by atoms with Crippen LogP contribution < -0.4 is 0 Å². The van der Waals surface area contributed by atoms with Crippen LogP contribution in [0.25, 0.3) is 0 Å². The molecule has 1 N–H and O–H groups in total. The van der Waals surface area contributed by atoms with Crippen LogP contribution in [0, 0.1) is 0 Å². The van der Waals surface area contributed by atoms with E-state index in [-0.39, 0.29) is 6.10 Å². The minimum absolute atomic E-state index is 0.0790. The van der Waals surface area contributed by atoms with Gasteiger partial charge in [-0.3, -0.25) is 0 Å². The zero-order valence-corrected chi connectivity index (χ0v) is 13.5. The number of aliphatic carboxylic acids is 1. The number of esters is 1. The van der Waals surface area contributed by atoms with Crippen molar-refractivity contribution in [2.75, 3.05) is 0 Å². The Morgan fingerprint density at radius 1 is 0.905 bits per heavy atom. The molecule has 0 amide bonds. The third-order valence-electron chi connectivity index (χ3n) is 3.40. The fraction of sp³-hybridized carbons (Fsp3) is 0.765. The highest BCUT2D eigenvalue weighted by Gasteiger charge is 2.12. The molecule has 0 atom stereocenters. The van der Waals surface area contributed by atoms with Gasteiger partial charge in [0, 0.05) is 12.2 Å². The normalized spacial score (nSPS) is 11.2. The molecule has 0 aliphatic carbocycles. The second-order valence-electron chi connectivity index (χ2n) is 5.43. The van der Waals surface area contributed by atoms with Crippen molar-refractivity contribution >= 4 is 11.9 Å². The van der Waals surface area contributed by atoms with E-state index < -0.39 is 11.9 Å². The van der Waals surface area contributed by atoms with Gasteiger partial charge in [-0.05, 0) is 25.7 Å². The van der Waals surface area contributed by atoms with Crippen LogP contribution in [0.5, 0.6) is 0 Å². The Bertz CT molecular complexity index is 298. The van der Waals surface area contributed by atoms with Gasteiger partial charge < -0.3 is 9.84 Å². The standard InChI is InChI=1S/C17H30O4/c1-3-5-7-9-11-15(12-10-8-6-4-2)21-17(20)14-13-16(18)19/h13-15H,3-12H2,1-2H3,(H,18,19)/b14-13+. The third-order valence-corrected chi connectivity index (χ3v) is 3.40. The SMILES string of the molecule is CCCCCCC(CCCCCC)OC(=O)/C=C/C(=O)O. The van der Waals surface area contributed by atoms with Crippen molar-refractivity contribution in [3.63, 3.8) is 0 Å². The predicted molar refractivity (Wildman–Crippen MR) is 84.2 cm³/mol. The highest BCUT2D eigenvalue weighted by atomic mass is 16.5. The van der Waals surface area contributed by atoms with Gasteiger partial charge in [-0.2, -0.15) is 0 Å². The van der Waals surface area contributed by atoms with E-state index in [0.717, 1.165) is 50.7 Å². The number of carboxylic acid groups (broad SMARTS) is 1. The molecule has 4 heteroatoms. The average molecular weight is 298 g/mol. The van der Waals surface area contributed by atoms with Crippen molar-refractivity contribution < 1.29 is 19.4 Å². The monoisotopic (exact) mass is 298 g/mol. The molecule has 0 unspecified atom stereocenters. The summed E-state index contributed by atoms with van der Waals surface area (Å²) in [7, 11) is 0. The molecule has 0 radical (unpaired) electrons. The van der Waals surface area contributed by atoms with E-state index >= 15 is 0 Å². The zero-order chi connectivity index (χ0) is 15.9. The Morgan fingerprint density at radius 2 is 1.43 bits per heavy atom. The topological polar surface area (TPSA) is 63.6 Å². The van der Waals surface area contributed by atoms with Crippen molar-refractivity contribution in [2.24, 2.45) is 0 Å². The second-order valence-corrected chi connectivity index (χ2v) is 5.43. The third kappa shape index (κ3) is 13.4. The van der Waals surface area contributed by atoms with Gasteiger partial charge in [-0.25, -0.2) is 9.59 Å². The molecule has 0 heterocycles. The van der Waals surface area contributed by atoms with Gasteiger partial charge >= 0.3 is 11.9 Å². The summed E-state index contributed by atoms with van der Waals surface area (Å²) in [5.74, 6) is -1.68. The maximum atomic E-state index is 11.6. The quantitative estimate of drug-likeness (QED) is 0.309. The summed E-state index contributed by atoms with van der Waals surface area (Å²) in [6.45, 7) is 4.33.